The van der Waals surface area contributed by atoms with Gasteiger partial charge in [-0.15, -0.1) is 0 Å². The molecule has 4 aromatic rings. The zero-order chi connectivity index (χ0) is 36.9. The Hall–Kier alpha value is -4.40. The van der Waals surface area contributed by atoms with Crippen LogP contribution in [0.4, 0.5) is 19.0 Å². The lowest BCUT2D eigenvalue weighted by Gasteiger charge is -2.54. The smallest absolute Gasteiger partial charge is 0.422 e. The number of likely N-dealkylation sites (tertiary alicyclic amines) is 1. The number of carbonyl (C=O) groups excluding carboxylic acids is 1. The minimum absolute atomic E-state index is 0.000561. The van der Waals surface area contributed by atoms with E-state index < -0.39 is 28.7 Å². The van der Waals surface area contributed by atoms with Gasteiger partial charge in [0, 0.05) is 59.8 Å². The van der Waals surface area contributed by atoms with Crippen LogP contribution in [0.3, 0.4) is 0 Å². The molecule has 2 aromatic carbocycles. The van der Waals surface area contributed by atoms with E-state index in [1.165, 1.54) is 6.08 Å². The molecular weight excluding hydrogens is 710 g/mol. The van der Waals surface area contributed by atoms with Gasteiger partial charge in [0.1, 0.15) is 17.4 Å². The Bertz CT molecular complexity index is 2240. The van der Waals surface area contributed by atoms with Crippen molar-refractivity contribution in [1.82, 2.24) is 25.1 Å². The third-order valence-corrected chi connectivity index (χ3v) is 14.0. The van der Waals surface area contributed by atoms with Crippen molar-refractivity contribution in [3.63, 3.8) is 0 Å². The van der Waals surface area contributed by atoms with Crippen LogP contribution in [0.2, 0.25) is 0 Å². The molecule has 15 heteroatoms. The highest BCUT2D eigenvalue weighted by Gasteiger charge is 2.48. The number of fused-ring (bicyclic) bond motifs is 4. The number of hydrogen-bond acceptors (Lipinski definition) is 9. The van der Waals surface area contributed by atoms with Crippen molar-refractivity contribution >= 4 is 43.4 Å². The molecule has 5 heterocycles. The molecule has 9 rings (SSSR count). The number of piperidine rings is 1. The molecule has 2 bridgehead atoms. The molecule has 53 heavy (non-hydrogen) atoms. The standard InChI is InChI=1S/C38H41F3N6O5S/c1-3-29(48)47-18-37(19-47)10-12-46(13-11-37)35-26-14-25(22-5-6-22)31(30-21(2)4-9-28-27(30)15-42-45-28)34(51-20-38(39,40)41)32(26)43-36(44-35)52-33-23-7-8-24(33)17-53(49,50)16-23/h3-4,9,14-15,22-24,33H,1,5-8,10-13,16-20H2,2H3,(H,42,45). The number of sulfone groups is 1. The van der Waals surface area contributed by atoms with Crippen molar-refractivity contribution in [3.8, 4) is 22.9 Å². The molecule has 2 saturated carbocycles. The van der Waals surface area contributed by atoms with Gasteiger partial charge in [0.25, 0.3) is 0 Å². The fraction of sp³-hybridized carbons (Fsp3) is 0.526. The van der Waals surface area contributed by atoms with E-state index >= 15 is 0 Å². The first-order valence-corrected chi connectivity index (χ1v) is 20.2. The van der Waals surface area contributed by atoms with Gasteiger partial charge in [-0.05, 0) is 86.3 Å². The normalized spacial score (nSPS) is 24.8. The lowest BCUT2D eigenvalue weighted by molar-refractivity contribution is -0.153. The number of aromatic nitrogens is 4. The average Bonchev–Trinajstić information content (AvgIpc) is 3.78. The molecule has 2 unspecified atom stereocenters. The molecular formula is C38H41F3N6O5S. The van der Waals surface area contributed by atoms with Crippen LogP contribution in [0.25, 0.3) is 32.9 Å². The number of benzene rings is 2. The summed E-state index contributed by atoms with van der Waals surface area (Å²) in [5, 5.41) is 8.60. The number of anilines is 1. The number of carbonyl (C=O) groups is 1. The Balaban J connectivity index is 1.21. The number of hydrogen-bond donors (Lipinski definition) is 1. The van der Waals surface area contributed by atoms with Crippen molar-refractivity contribution in [2.75, 3.05) is 49.2 Å². The summed E-state index contributed by atoms with van der Waals surface area (Å²) >= 11 is 0. The van der Waals surface area contributed by atoms with Gasteiger partial charge < -0.3 is 19.3 Å². The van der Waals surface area contributed by atoms with Crippen molar-refractivity contribution in [3.05, 3.63) is 48.2 Å². The van der Waals surface area contributed by atoms with E-state index in [1.54, 1.807) is 11.1 Å². The Labute approximate surface area is 304 Å². The van der Waals surface area contributed by atoms with Crippen LogP contribution in [0.1, 0.15) is 55.6 Å². The molecule has 1 amide bonds. The van der Waals surface area contributed by atoms with Gasteiger partial charge in [-0.25, -0.2) is 8.42 Å². The molecule has 2 aromatic heterocycles. The van der Waals surface area contributed by atoms with E-state index in [9.17, 15) is 26.4 Å². The maximum Gasteiger partial charge on any atom is 0.422 e. The lowest BCUT2D eigenvalue weighted by atomic mass is 9.72. The van der Waals surface area contributed by atoms with Crippen LogP contribution < -0.4 is 14.4 Å². The Morgan fingerprint density at radius 1 is 1.06 bits per heavy atom. The van der Waals surface area contributed by atoms with Crippen LogP contribution in [0.15, 0.2) is 37.1 Å². The number of nitrogens with one attached hydrogen (secondary N) is 1. The maximum atomic E-state index is 14.1. The molecule has 280 valence electrons. The van der Waals surface area contributed by atoms with Crippen molar-refractivity contribution in [1.29, 1.82) is 0 Å². The molecule has 2 aliphatic carbocycles. The maximum absolute atomic E-state index is 14.1. The third-order valence-electron chi connectivity index (χ3n) is 12.1. The summed E-state index contributed by atoms with van der Waals surface area (Å²) in [7, 11) is -3.20. The fourth-order valence-electron chi connectivity index (χ4n) is 9.33. The summed E-state index contributed by atoms with van der Waals surface area (Å²) < 4.78 is 79.9. The van der Waals surface area contributed by atoms with Gasteiger partial charge in [-0.2, -0.15) is 28.2 Å². The Morgan fingerprint density at radius 3 is 2.43 bits per heavy atom. The molecule has 11 nitrogen and oxygen atoms in total. The number of alkyl halides is 3. The Morgan fingerprint density at radius 2 is 1.77 bits per heavy atom. The third kappa shape index (κ3) is 6.18. The van der Waals surface area contributed by atoms with Crippen molar-refractivity contribution in [2.24, 2.45) is 17.3 Å². The van der Waals surface area contributed by atoms with Crippen molar-refractivity contribution < 1.29 is 35.9 Å². The topological polar surface area (TPSA) is 131 Å². The first-order valence-electron chi connectivity index (χ1n) is 18.3. The highest BCUT2D eigenvalue weighted by atomic mass is 32.2. The minimum Gasteiger partial charge on any atom is -0.481 e. The summed E-state index contributed by atoms with van der Waals surface area (Å²) in [6, 6.07) is 5.86. The highest BCUT2D eigenvalue weighted by molar-refractivity contribution is 7.91. The second-order valence-electron chi connectivity index (χ2n) is 15.8. The zero-order valence-electron chi connectivity index (χ0n) is 29.4. The van der Waals surface area contributed by atoms with E-state index in [0.717, 1.165) is 53.3 Å². The quantitative estimate of drug-likeness (QED) is 0.212. The molecule has 0 radical (unpaired) electrons. The molecule has 1 spiro atoms. The van der Waals surface area contributed by atoms with E-state index in [2.05, 4.69) is 21.7 Å². The number of amides is 1. The van der Waals surface area contributed by atoms with E-state index in [1.807, 2.05) is 25.1 Å². The number of H-pyrrole nitrogens is 1. The van der Waals surface area contributed by atoms with Crippen LogP contribution in [0.5, 0.6) is 11.8 Å². The first kappa shape index (κ1) is 34.4. The fourth-order valence-corrected chi connectivity index (χ4v) is 11.5. The predicted octanol–water partition coefficient (Wildman–Crippen LogP) is 6.12. The number of aryl methyl sites for hydroxylation is 1. The number of halogens is 3. The van der Waals surface area contributed by atoms with Gasteiger partial charge >= 0.3 is 12.2 Å². The van der Waals surface area contributed by atoms with Gasteiger partial charge in [-0.1, -0.05) is 12.6 Å². The zero-order valence-corrected chi connectivity index (χ0v) is 30.2. The minimum atomic E-state index is -4.62. The number of nitrogens with zero attached hydrogens (tertiary/aromatic N) is 5. The van der Waals surface area contributed by atoms with Crippen LogP contribution in [-0.2, 0) is 14.6 Å². The predicted molar refractivity (Wildman–Crippen MR) is 193 cm³/mol. The first-order chi connectivity index (χ1) is 25.3. The van der Waals surface area contributed by atoms with Gasteiger partial charge in [0.05, 0.1) is 23.2 Å². The summed E-state index contributed by atoms with van der Waals surface area (Å²) in [6.07, 6.45) is 2.75. The molecule has 2 atom stereocenters. The second kappa shape index (κ2) is 12.3. The molecule has 3 aliphatic heterocycles. The second-order valence-corrected chi connectivity index (χ2v) is 18.0. The highest BCUT2D eigenvalue weighted by Crippen LogP contribution is 2.53. The largest absolute Gasteiger partial charge is 0.481 e. The average molecular weight is 751 g/mol. The molecule has 5 fully saturated rings. The number of aromatic amines is 1. The number of ether oxygens (including phenoxy) is 2. The molecule has 3 saturated heterocycles. The van der Waals surface area contributed by atoms with Gasteiger partial charge in [-0.3, -0.25) is 9.89 Å². The molecule has 1 N–H and O–H groups in total. The van der Waals surface area contributed by atoms with E-state index in [-0.39, 0.29) is 57.9 Å². The summed E-state index contributed by atoms with van der Waals surface area (Å²) in [4.78, 5) is 26.1. The number of rotatable bonds is 8. The van der Waals surface area contributed by atoms with E-state index in [0.29, 0.717) is 55.8 Å². The van der Waals surface area contributed by atoms with E-state index in [4.69, 9.17) is 19.4 Å². The lowest BCUT2D eigenvalue weighted by Crippen LogP contribution is -2.61. The Kier molecular flexibility index (Phi) is 7.99. The van der Waals surface area contributed by atoms with Crippen LogP contribution in [-0.4, -0.2) is 96.0 Å². The molecule has 5 aliphatic rings. The monoisotopic (exact) mass is 750 g/mol. The van der Waals surface area contributed by atoms with Gasteiger partial charge in [0.2, 0.25) is 5.91 Å². The summed E-state index contributed by atoms with van der Waals surface area (Å²) in [6.45, 7) is 6.56. The van der Waals surface area contributed by atoms with Crippen LogP contribution >= 0.6 is 0 Å². The summed E-state index contributed by atoms with van der Waals surface area (Å²) in [5.41, 5.74) is 3.98. The van der Waals surface area contributed by atoms with Gasteiger partial charge in [0.15, 0.2) is 22.2 Å². The summed E-state index contributed by atoms with van der Waals surface area (Å²) in [5.74, 6) is 0.221. The SMILES string of the molecule is C=CC(=O)N1CC2(CCN(c3nc(OC4C5CCC4CS(=O)(=O)C5)nc4c(OCC(F)(F)F)c(-c5c(C)ccc6[nH]ncc56)c(C5CC5)cc34)CC2)C1. The van der Waals surface area contributed by atoms with Crippen molar-refractivity contribution in [2.45, 2.75) is 63.6 Å². The van der Waals surface area contributed by atoms with Crippen LogP contribution in [0, 0.1) is 24.2 Å².